The predicted molar refractivity (Wildman–Crippen MR) is 82.2 cm³/mol. The second kappa shape index (κ2) is 5.20. The van der Waals surface area contributed by atoms with Crippen LogP contribution in [0.3, 0.4) is 0 Å². The van der Waals surface area contributed by atoms with Gasteiger partial charge in [0.25, 0.3) is 0 Å². The van der Waals surface area contributed by atoms with Crippen molar-refractivity contribution in [3.05, 3.63) is 69.8 Å². The van der Waals surface area contributed by atoms with E-state index in [0.717, 1.165) is 16.5 Å². The first-order valence-electron chi connectivity index (χ1n) is 6.10. The molecule has 0 saturated carbocycles. The lowest BCUT2D eigenvalue weighted by Crippen LogP contribution is -1.97. The van der Waals surface area contributed by atoms with E-state index in [2.05, 4.69) is 10.6 Å². The van der Waals surface area contributed by atoms with Crippen LogP contribution < -0.4 is 0 Å². The van der Waals surface area contributed by atoms with E-state index in [1.54, 1.807) is 6.07 Å². The van der Waals surface area contributed by atoms with Gasteiger partial charge in [-0.3, -0.25) is 0 Å². The van der Waals surface area contributed by atoms with Crippen LogP contribution in [-0.4, -0.2) is 4.57 Å². The third kappa shape index (κ3) is 2.38. The molecule has 2 nitrogen and oxygen atoms in total. The molecule has 1 aromatic heterocycles. The molecular formula is C16H10Cl2N2. The lowest BCUT2D eigenvalue weighted by molar-refractivity contribution is 0.837. The number of nitriles is 1. The fraction of sp³-hybridized carbons (Fsp3) is 0.0625. The van der Waals surface area contributed by atoms with Gasteiger partial charge >= 0.3 is 0 Å². The Bertz CT molecular complexity index is 811. The molecule has 0 saturated heterocycles. The second-order valence-electron chi connectivity index (χ2n) is 4.57. The highest BCUT2D eigenvalue weighted by molar-refractivity contribution is 6.38. The van der Waals surface area contributed by atoms with Gasteiger partial charge in [-0.05, 0) is 35.9 Å². The number of nitrogens with zero attached hydrogens (tertiary/aromatic N) is 2. The molecule has 0 unspecified atom stereocenters. The Hall–Kier alpha value is -1.95. The fourth-order valence-corrected chi connectivity index (χ4v) is 2.78. The summed E-state index contributed by atoms with van der Waals surface area (Å²) in [5.74, 6) is 0. The molecule has 3 aromatic rings. The molecule has 0 amide bonds. The van der Waals surface area contributed by atoms with Gasteiger partial charge in [-0.1, -0.05) is 35.3 Å². The summed E-state index contributed by atoms with van der Waals surface area (Å²) in [6.45, 7) is 0.714. The largest absolute Gasteiger partial charge is 0.343 e. The van der Waals surface area contributed by atoms with Crippen molar-refractivity contribution in [3.63, 3.8) is 0 Å². The van der Waals surface area contributed by atoms with Gasteiger partial charge < -0.3 is 4.57 Å². The molecule has 0 aliphatic heterocycles. The fourth-order valence-electron chi connectivity index (χ4n) is 2.24. The summed E-state index contributed by atoms with van der Waals surface area (Å²) >= 11 is 12.2. The van der Waals surface area contributed by atoms with Gasteiger partial charge in [-0.2, -0.15) is 5.26 Å². The van der Waals surface area contributed by atoms with E-state index >= 15 is 0 Å². The minimum atomic E-state index is 0.627. The van der Waals surface area contributed by atoms with Gasteiger partial charge in [0.2, 0.25) is 0 Å². The molecule has 0 bridgehead atoms. The van der Waals surface area contributed by atoms with Crippen molar-refractivity contribution in [3.8, 4) is 6.07 Å². The van der Waals surface area contributed by atoms with Gasteiger partial charge in [0.05, 0.1) is 22.2 Å². The second-order valence-corrected chi connectivity index (χ2v) is 5.42. The molecular weight excluding hydrogens is 291 g/mol. The maximum Gasteiger partial charge on any atom is 0.0991 e. The van der Waals surface area contributed by atoms with Crippen LogP contribution in [0.4, 0.5) is 0 Å². The zero-order valence-corrected chi connectivity index (χ0v) is 12.0. The van der Waals surface area contributed by atoms with E-state index < -0.39 is 0 Å². The van der Waals surface area contributed by atoms with Gasteiger partial charge in [-0.15, -0.1) is 0 Å². The Labute approximate surface area is 126 Å². The van der Waals surface area contributed by atoms with Gasteiger partial charge in [-0.25, -0.2) is 0 Å². The van der Waals surface area contributed by atoms with Crippen molar-refractivity contribution in [2.45, 2.75) is 6.54 Å². The minimum Gasteiger partial charge on any atom is -0.343 e. The lowest BCUT2D eigenvalue weighted by Gasteiger charge is -2.07. The summed E-state index contributed by atoms with van der Waals surface area (Å²) < 4.78 is 2.09. The summed E-state index contributed by atoms with van der Waals surface area (Å²) in [4.78, 5) is 0. The first kappa shape index (κ1) is 13.1. The van der Waals surface area contributed by atoms with Crippen LogP contribution in [0.5, 0.6) is 0 Å². The van der Waals surface area contributed by atoms with Crippen LogP contribution in [-0.2, 0) is 6.54 Å². The van der Waals surface area contributed by atoms with Crippen LogP contribution in [0.15, 0.2) is 48.7 Å². The molecule has 0 radical (unpaired) electrons. The number of hydrogen-bond donors (Lipinski definition) is 0. The Kier molecular flexibility index (Phi) is 3.40. The first-order chi connectivity index (χ1) is 9.67. The summed E-state index contributed by atoms with van der Waals surface area (Å²) in [7, 11) is 0. The molecule has 4 heteroatoms. The van der Waals surface area contributed by atoms with Crippen molar-refractivity contribution in [2.24, 2.45) is 0 Å². The molecule has 0 aliphatic carbocycles. The number of fused-ring (bicyclic) bond motifs is 1. The van der Waals surface area contributed by atoms with Crippen molar-refractivity contribution < 1.29 is 0 Å². The summed E-state index contributed by atoms with van der Waals surface area (Å²) in [6.07, 6.45) is 1.99. The Balaban J connectivity index is 2.00. The molecule has 0 spiro atoms. The summed E-state index contributed by atoms with van der Waals surface area (Å²) in [5.41, 5.74) is 2.79. The Morgan fingerprint density at radius 3 is 2.50 bits per heavy atom. The van der Waals surface area contributed by atoms with Crippen LogP contribution in [0.2, 0.25) is 10.0 Å². The van der Waals surface area contributed by atoms with Crippen LogP contribution in [0, 0.1) is 11.3 Å². The maximum absolute atomic E-state index is 8.80. The van der Waals surface area contributed by atoms with Gasteiger partial charge in [0.1, 0.15) is 0 Å². The minimum absolute atomic E-state index is 0.627. The molecule has 1 heterocycles. The quantitative estimate of drug-likeness (QED) is 0.664. The van der Waals surface area contributed by atoms with Gasteiger partial charge in [0, 0.05) is 23.2 Å². The normalized spacial score (nSPS) is 10.7. The Morgan fingerprint density at radius 2 is 1.80 bits per heavy atom. The van der Waals surface area contributed by atoms with E-state index in [4.69, 9.17) is 28.5 Å². The van der Waals surface area contributed by atoms with Crippen molar-refractivity contribution in [2.75, 3.05) is 0 Å². The lowest BCUT2D eigenvalue weighted by atomic mass is 10.1. The average Bonchev–Trinajstić information content (AvgIpc) is 2.83. The highest BCUT2D eigenvalue weighted by atomic mass is 35.5. The Morgan fingerprint density at radius 1 is 1.05 bits per heavy atom. The standard InChI is InChI=1S/C16H10Cl2N2/c17-13-7-15(18)14-5-6-20(16(14)8-13)10-12-3-1-11(9-19)2-4-12/h1-8H,10H2. The molecule has 2 aromatic carbocycles. The van der Waals surface area contributed by atoms with Crippen molar-refractivity contribution >= 4 is 34.1 Å². The van der Waals surface area contributed by atoms with Crippen LogP contribution in [0.1, 0.15) is 11.1 Å². The number of hydrogen-bond acceptors (Lipinski definition) is 1. The molecule has 0 atom stereocenters. The van der Waals surface area contributed by atoms with Crippen molar-refractivity contribution in [1.82, 2.24) is 4.57 Å². The third-order valence-electron chi connectivity index (χ3n) is 3.24. The number of benzene rings is 2. The SMILES string of the molecule is N#Cc1ccc(Cn2ccc3c(Cl)cc(Cl)cc32)cc1. The summed E-state index contributed by atoms with van der Waals surface area (Å²) in [6, 6.07) is 15.3. The topological polar surface area (TPSA) is 28.7 Å². The highest BCUT2D eigenvalue weighted by Crippen LogP contribution is 2.29. The predicted octanol–water partition coefficient (Wildman–Crippen LogP) is 4.87. The van der Waals surface area contributed by atoms with Crippen LogP contribution >= 0.6 is 23.2 Å². The number of aromatic nitrogens is 1. The summed E-state index contributed by atoms with van der Waals surface area (Å²) in [5, 5.41) is 11.1. The van der Waals surface area contributed by atoms with E-state index in [0.29, 0.717) is 22.2 Å². The monoisotopic (exact) mass is 300 g/mol. The number of rotatable bonds is 2. The molecule has 0 N–H and O–H groups in total. The molecule has 98 valence electrons. The van der Waals surface area contributed by atoms with Crippen LogP contribution in [0.25, 0.3) is 10.9 Å². The smallest absolute Gasteiger partial charge is 0.0991 e. The van der Waals surface area contributed by atoms with E-state index in [-0.39, 0.29) is 0 Å². The van der Waals surface area contributed by atoms with E-state index in [1.165, 1.54) is 0 Å². The van der Waals surface area contributed by atoms with Crippen molar-refractivity contribution in [1.29, 1.82) is 5.26 Å². The number of halogens is 2. The molecule has 0 fully saturated rings. The van der Waals surface area contributed by atoms with E-state index in [1.807, 2.05) is 42.6 Å². The highest BCUT2D eigenvalue weighted by Gasteiger charge is 2.07. The van der Waals surface area contributed by atoms with Gasteiger partial charge in [0.15, 0.2) is 0 Å². The zero-order valence-electron chi connectivity index (χ0n) is 10.5. The third-order valence-corrected chi connectivity index (χ3v) is 3.77. The maximum atomic E-state index is 8.80. The molecule has 20 heavy (non-hydrogen) atoms. The molecule has 0 aliphatic rings. The van der Waals surface area contributed by atoms with E-state index in [9.17, 15) is 0 Å². The zero-order chi connectivity index (χ0) is 14.1. The first-order valence-corrected chi connectivity index (χ1v) is 6.86. The molecule has 3 rings (SSSR count). The average molecular weight is 301 g/mol.